The molecule has 12 heteroatoms. The van der Waals surface area contributed by atoms with Crippen LogP contribution in [0.5, 0.6) is 0 Å². The third kappa shape index (κ3) is 22.6. The fraction of sp³-hybridized carbons (Fsp3) is 0. The molecule has 0 saturated heterocycles. The van der Waals surface area contributed by atoms with E-state index >= 15 is 0 Å². The Morgan fingerprint density at radius 1 is 0.917 bits per heavy atom. The van der Waals surface area contributed by atoms with Gasteiger partial charge in [-0.2, -0.15) is 0 Å². The van der Waals surface area contributed by atoms with E-state index in [1.807, 2.05) is 0 Å². The predicted molar refractivity (Wildman–Crippen MR) is 16.3 cm³/mol. The first-order valence-electron chi connectivity index (χ1n) is 1.46. The summed E-state index contributed by atoms with van der Waals surface area (Å²) in [7, 11) is -11.4. The summed E-state index contributed by atoms with van der Waals surface area (Å²) in [6.07, 6.45) is 0. The molecule has 2 radical (unpaired) electrons. The van der Waals surface area contributed by atoms with Crippen LogP contribution in [0.4, 0.5) is 0 Å². The van der Waals surface area contributed by atoms with Crippen LogP contribution >= 0.6 is 15.6 Å². The van der Waals surface area contributed by atoms with Gasteiger partial charge < -0.3 is 33.0 Å². The molecule has 0 fully saturated rings. The predicted octanol–water partition coefficient (Wildman–Crippen LogP) is -3.35. The van der Waals surface area contributed by atoms with Gasteiger partial charge in [-0.05, 0) is 0 Å². The molecule has 0 aliphatic heterocycles. The third-order valence-electron chi connectivity index (χ3n) is 0.200. The van der Waals surface area contributed by atoms with Crippen molar-refractivity contribution in [2.75, 3.05) is 0 Å². The van der Waals surface area contributed by atoms with Crippen molar-refractivity contribution < 1.29 is 83.9 Å². The van der Waals surface area contributed by atoms with Crippen LogP contribution in [0.25, 0.3) is 0 Å². The molecule has 0 bridgehead atoms. The smallest absolute Gasteiger partial charge is 0.790 e. The van der Waals surface area contributed by atoms with Gasteiger partial charge in [0.2, 0.25) is 0 Å². The van der Waals surface area contributed by atoms with Gasteiger partial charge in [0.1, 0.15) is 0 Å². The normalized spacial score (nSPS) is 10.3. The van der Waals surface area contributed by atoms with Crippen LogP contribution in [0.15, 0.2) is 0 Å². The standard InChI is InChI=1S/Co.Fe.Mn.H4O7P2/c;;;1-8(2,3)7-9(4,5)6/h;;;(H2,1,2,3)(H2,4,5,6)/q3*+2;/p-4. The zero-order valence-electron chi connectivity index (χ0n) is 4.82. The molecule has 0 saturated carbocycles. The van der Waals surface area contributed by atoms with Crippen molar-refractivity contribution in [3.8, 4) is 0 Å². The van der Waals surface area contributed by atoms with Gasteiger partial charge in [0.25, 0.3) is 0 Å². The molecular formula is CoFeMnO7P2+2. The Morgan fingerprint density at radius 3 is 1.08 bits per heavy atom. The average molecular weight is 344 g/mol. The molecule has 0 aromatic carbocycles. The molecule has 0 aliphatic rings. The maximum atomic E-state index is 9.32. The van der Waals surface area contributed by atoms with Crippen molar-refractivity contribution >= 4 is 15.6 Å². The van der Waals surface area contributed by atoms with Crippen LogP contribution in [0.2, 0.25) is 0 Å². The van der Waals surface area contributed by atoms with Crippen molar-refractivity contribution in [3.63, 3.8) is 0 Å². The third-order valence-corrected chi connectivity index (χ3v) is 1.80. The van der Waals surface area contributed by atoms with E-state index in [1.54, 1.807) is 0 Å². The topological polar surface area (TPSA) is 136 Å². The first kappa shape index (κ1) is 23.5. The maximum absolute atomic E-state index is 9.32. The second kappa shape index (κ2) is 8.14. The molecule has 0 rings (SSSR count). The Hall–Kier alpha value is 1.81. The quantitative estimate of drug-likeness (QED) is 0.377. The number of hydrogen-bond donors (Lipinski definition) is 0. The second-order valence-electron chi connectivity index (χ2n) is 0.976. The zero-order chi connectivity index (χ0) is 7.71. The van der Waals surface area contributed by atoms with E-state index in [1.165, 1.54) is 0 Å². The fourth-order valence-corrected chi connectivity index (χ4v) is 1.10. The summed E-state index contributed by atoms with van der Waals surface area (Å²) in [5.74, 6) is 0. The Labute approximate surface area is 99.3 Å². The van der Waals surface area contributed by atoms with Crippen LogP contribution in [-0.4, -0.2) is 0 Å². The van der Waals surface area contributed by atoms with E-state index in [0.717, 1.165) is 0 Å². The van der Waals surface area contributed by atoms with Gasteiger partial charge in [0.05, 0.1) is 15.6 Å². The van der Waals surface area contributed by atoms with Gasteiger partial charge >= 0.3 is 50.9 Å². The summed E-state index contributed by atoms with van der Waals surface area (Å²) in [5, 5.41) is 0. The summed E-state index contributed by atoms with van der Waals surface area (Å²) < 4.78 is 21.2. The molecule has 0 aliphatic carbocycles. The molecule has 0 heterocycles. The Morgan fingerprint density at radius 2 is 1.08 bits per heavy atom. The molecule has 7 nitrogen and oxygen atoms in total. The van der Waals surface area contributed by atoms with E-state index < -0.39 is 15.6 Å². The minimum Gasteiger partial charge on any atom is -0.790 e. The molecule has 0 aromatic rings. The van der Waals surface area contributed by atoms with Crippen LogP contribution in [0, 0.1) is 0 Å². The summed E-state index contributed by atoms with van der Waals surface area (Å²) in [6, 6.07) is 0. The fourth-order valence-electron chi connectivity index (χ4n) is 0.122. The van der Waals surface area contributed by atoms with Crippen LogP contribution in [0.1, 0.15) is 0 Å². The van der Waals surface area contributed by atoms with E-state index in [-0.39, 0.29) is 50.9 Å². The Balaban J connectivity index is -0.000000107. The van der Waals surface area contributed by atoms with E-state index in [4.69, 9.17) is 0 Å². The van der Waals surface area contributed by atoms with Gasteiger partial charge in [0.15, 0.2) is 0 Å². The summed E-state index contributed by atoms with van der Waals surface area (Å²) in [5.41, 5.74) is 0. The molecule has 0 amide bonds. The molecule has 12 heavy (non-hydrogen) atoms. The van der Waals surface area contributed by atoms with Crippen molar-refractivity contribution in [3.05, 3.63) is 0 Å². The van der Waals surface area contributed by atoms with E-state index in [2.05, 4.69) is 4.31 Å². The zero-order valence-corrected chi connectivity index (χ0v) is 9.93. The van der Waals surface area contributed by atoms with Crippen molar-refractivity contribution in [1.82, 2.24) is 0 Å². The van der Waals surface area contributed by atoms with Crippen LogP contribution < -0.4 is 19.6 Å². The largest absolute Gasteiger partial charge is 2.00 e. The van der Waals surface area contributed by atoms with Crippen LogP contribution in [0.3, 0.4) is 0 Å². The van der Waals surface area contributed by atoms with E-state index in [0.29, 0.717) is 0 Å². The molecule has 0 N–H and O–H groups in total. The second-order valence-corrected chi connectivity index (χ2v) is 3.42. The summed E-state index contributed by atoms with van der Waals surface area (Å²) in [4.78, 5) is 37.3. The van der Waals surface area contributed by atoms with Crippen LogP contribution in [-0.2, 0) is 64.4 Å². The van der Waals surface area contributed by atoms with Crippen molar-refractivity contribution in [2.45, 2.75) is 0 Å². The van der Waals surface area contributed by atoms with Gasteiger partial charge in [-0.25, -0.2) is 0 Å². The molecular weight excluding hydrogens is 344 g/mol. The van der Waals surface area contributed by atoms with Gasteiger partial charge in [0, 0.05) is 0 Å². The number of hydrogen-bond acceptors (Lipinski definition) is 7. The molecule has 74 valence electrons. The first-order valence-corrected chi connectivity index (χ1v) is 4.38. The van der Waals surface area contributed by atoms with Gasteiger partial charge in [-0.15, -0.1) is 0 Å². The monoisotopic (exact) mass is 344 g/mol. The van der Waals surface area contributed by atoms with Gasteiger partial charge in [-0.1, -0.05) is 0 Å². The van der Waals surface area contributed by atoms with Gasteiger partial charge in [-0.3, -0.25) is 0 Å². The first-order chi connectivity index (χ1) is 3.71. The number of phosphoric acid groups is 2. The minimum atomic E-state index is -5.68. The van der Waals surface area contributed by atoms with Crippen molar-refractivity contribution in [1.29, 1.82) is 0 Å². The average Bonchev–Trinajstić information content (AvgIpc) is 1.14. The maximum Gasteiger partial charge on any atom is 2.00 e. The van der Waals surface area contributed by atoms with Crippen molar-refractivity contribution in [2.24, 2.45) is 0 Å². The van der Waals surface area contributed by atoms with E-state index in [9.17, 15) is 28.7 Å². The number of rotatable bonds is 2. The Bertz CT molecular complexity index is 162. The molecule has 0 atom stereocenters. The molecule has 0 unspecified atom stereocenters. The summed E-state index contributed by atoms with van der Waals surface area (Å²) in [6.45, 7) is 0. The Kier molecular flexibility index (Phi) is 16.0. The SMILES string of the molecule is O=P([O-])([O-])OP(=O)([O-])[O-].[Co+2].[Fe+2].[Mn+2]. The summed E-state index contributed by atoms with van der Waals surface area (Å²) >= 11 is 0. The molecule has 0 spiro atoms. The molecule has 0 aromatic heterocycles. The minimum absolute atomic E-state index is 0.